The van der Waals surface area contributed by atoms with Crippen LogP contribution in [0.5, 0.6) is 0 Å². The summed E-state index contributed by atoms with van der Waals surface area (Å²) in [6.07, 6.45) is 1.51. The third-order valence-corrected chi connectivity index (χ3v) is 2.86. The molecule has 86 valence electrons. The standard InChI is InChI=1S/C11H11Br2NO2/c1-6(12)10(15)8-4-3-5-14-9(8)11(16)7(2)13/h3-7H,1-2H3. The van der Waals surface area contributed by atoms with E-state index in [9.17, 15) is 9.59 Å². The first kappa shape index (κ1) is 13.5. The van der Waals surface area contributed by atoms with Gasteiger partial charge in [-0.3, -0.25) is 14.6 Å². The van der Waals surface area contributed by atoms with E-state index in [1.807, 2.05) is 0 Å². The van der Waals surface area contributed by atoms with E-state index in [1.54, 1.807) is 26.0 Å². The van der Waals surface area contributed by atoms with Crippen molar-refractivity contribution < 1.29 is 9.59 Å². The van der Waals surface area contributed by atoms with Crippen molar-refractivity contribution in [2.24, 2.45) is 0 Å². The number of nitrogens with zero attached hydrogens (tertiary/aromatic N) is 1. The van der Waals surface area contributed by atoms with Crippen LogP contribution in [0.2, 0.25) is 0 Å². The molecule has 0 aromatic carbocycles. The summed E-state index contributed by atoms with van der Waals surface area (Å²) in [5.41, 5.74) is 0.589. The summed E-state index contributed by atoms with van der Waals surface area (Å²) >= 11 is 6.38. The largest absolute Gasteiger partial charge is 0.293 e. The molecule has 0 aliphatic rings. The van der Waals surface area contributed by atoms with Crippen LogP contribution in [0.1, 0.15) is 34.7 Å². The van der Waals surface area contributed by atoms with Gasteiger partial charge in [0.2, 0.25) is 0 Å². The Kier molecular flexibility index (Phi) is 4.80. The van der Waals surface area contributed by atoms with Crippen LogP contribution in [0.3, 0.4) is 0 Å². The van der Waals surface area contributed by atoms with E-state index in [2.05, 4.69) is 36.8 Å². The predicted octanol–water partition coefficient (Wildman–Crippen LogP) is 3.01. The lowest BCUT2D eigenvalue weighted by atomic mass is 10.0. The lowest BCUT2D eigenvalue weighted by molar-refractivity contribution is 0.0959. The highest BCUT2D eigenvalue weighted by molar-refractivity contribution is 9.10. The minimum atomic E-state index is -0.348. The number of ketones is 2. The van der Waals surface area contributed by atoms with Crippen LogP contribution in [-0.2, 0) is 0 Å². The molecule has 0 fully saturated rings. The monoisotopic (exact) mass is 347 g/mol. The highest BCUT2D eigenvalue weighted by atomic mass is 79.9. The molecule has 1 heterocycles. The topological polar surface area (TPSA) is 47.0 Å². The second-order valence-corrected chi connectivity index (χ2v) is 6.11. The molecule has 1 rings (SSSR count). The van der Waals surface area contributed by atoms with Gasteiger partial charge in [0, 0.05) is 11.8 Å². The van der Waals surface area contributed by atoms with E-state index < -0.39 is 0 Å². The summed E-state index contributed by atoms with van der Waals surface area (Å²) in [4.78, 5) is 27.0. The molecule has 2 unspecified atom stereocenters. The van der Waals surface area contributed by atoms with Gasteiger partial charge in [-0.15, -0.1) is 0 Å². The molecule has 0 aliphatic heterocycles. The third kappa shape index (κ3) is 2.98. The van der Waals surface area contributed by atoms with Crippen molar-refractivity contribution >= 4 is 43.4 Å². The molecule has 16 heavy (non-hydrogen) atoms. The fourth-order valence-electron chi connectivity index (χ4n) is 1.20. The van der Waals surface area contributed by atoms with Gasteiger partial charge in [-0.05, 0) is 26.0 Å². The van der Waals surface area contributed by atoms with Crippen LogP contribution in [-0.4, -0.2) is 26.2 Å². The zero-order valence-corrected chi connectivity index (χ0v) is 12.1. The number of pyridine rings is 1. The molecule has 0 aliphatic carbocycles. The number of hydrogen-bond acceptors (Lipinski definition) is 3. The SMILES string of the molecule is CC(Br)C(=O)c1cccnc1C(=O)C(C)Br. The average Bonchev–Trinajstić information content (AvgIpc) is 2.26. The number of carbonyl (C=O) groups excluding carboxylic acids is 2. The minimum absolute atomic E-state index is 0.135. The summed E-state index contributed by atoms with van der Waals surface area (Å²) in [6, 6.07) is 3.27. The van der Waals surface area contributed by atoms with Gasteiger partial charge in [0.25, 0.3) is 0 Å². The van der Waals surface area contributed by atoms with Gasteiger partial charge < -0.3 is 0 Å². The molecule has 1 aromatic rings. The first-order chi connectivity index (χ1) is 7.45. The predicted molar refractivity (Wildman–Crippen MR) is 69.7 cm³/mol. The Morgan fingerprint density at radius 1 is 1.19 bits per heavy atom. The molecular formula is C11H11Br2NO2. The van der Waals surface area contributed by atoms with E-state index in [0.717, 1.165) is 0 Å². The van der Waals surface area contributed by atoms with Gasteiger partial charge in [-0.25, -0.2) is 0 Å². The van der Waals surface area contributed by atoms with Crippen LogP contribution in [0, 0.1) is 0 Å². The Hall–Kier alpha value is -0.550. The van der Waals surface area contributed by atoms with Crippen LogP contribution >= 0.6 is 31.9 Å². The number of halogens is 2. The maximum atomic E-state index is 11.8. The van der Waals surface area contributed by atoms with E-state index in [-0.39, 0.29) is 26.9 Å². The summed E-state index contributed by atoms with van der Waals surface area (Å²) in [7, 11) is 0. The molecule has 1 aromatic heterocycles. The molecule has 0 radical (unpaired) electrons. The Balaban J connectivity index is 3.20. The second kappa shape index (κ2) is 5.68. The number of carbonyl (C=O) groups is 2. The molecule has 0 N–H and O–H groups in total. The fourth-order valence-corrected chi connectivity index (χ4v) is 1.67. The maximum absolute atomic E-state index is 11.8. The van der Waals surface area contributed by atoms with Crippen molar-refractivity contribution in [3.63, 3.8) is 0 Å². The number of hydrogen-bond donors (Lipinski definition) is 0. The van der Waals surface area contributed by atoms with Crippen LogP contribution in [0.4, 0.5) is 0 Å². The maximum Gasteiger partial charge on any atom is 0.195 e. The van der Waals surface area contributed by atoms with Gasteiger partial charge >= 0.3 is 0 Å². The summed E-state index contributed by atoms with van der Waals surface area (Å²) in [5, 5.41) is 0. The third-order valence-electron chi connectivity index (χ3n) is 2.03. The van der Waals surface area contributed by atoms with Gasteiger partial charge in [0.05, 0.1) is 9.65 Å². The Labute approximate surface area is 111 Å². The highest BCUT2D eigenvalue weighted by Gasteiger charge is 2.23. The van der Waals surface area contributed by atoms with Gasteiger partial charge in [-0.1, -0.05) is 31.9 Å². The average molecular weight is 349 g/mol. The normalized spacial score (nSPS) is 14.2. The van der Waals surface area contributed by atoms with Crippen molar-refractivity contribution in [2.45, 2.75) is 23.5 Å². The zero-order chi connectivity index (χ0) is 12.3. The van der Waals surface area contributed by atoms with Gasteiger partial charge in [0.15, 0.2) is 11.6 Å². The van der Waals surface area contributed by atoms with Crippen molar-refractivity contribution in [1.29, 1.82) is 0 Å². The molecule has 5 heteroatoms. The van der Waals surface area contributed by atoms with E-state index >= 15 is 0 Å². The van der Waals surface area contributed by atoms with E-state index in [1.165, 1.54) is 6.20 Å². The quantitative estimate of drug-likeness (QED) is 0.620. The highest BCUT2D eigenvalue weighted by Crippen LogP contribution is 2.16. The van der Waals surface area contributed by atoms with E-state index in [4.69, 9.17) is 0 Å². The lowest BCUT2D eigenvalue weighted by Gasteiger charge is -2.08. The fraction of sp³-hybridized carbons (Fsp3) is 0.364. The van der Waals surface area contributed by atoms with Crippen molar-refractivity contribution in [3.8, 4) is 0 Å². The molecule has 0 amide bonds. The molecule has 2 atom stereocenters. The van der Waals surface area contributed by atoms with Gasteiger partial charge in [0.1, 0.15) is 5.69 Å². The first-order valence-electron chi connectivity index (χ1n) is 4.76. The lowest BCUT2D eigenvalue weighted by Crippen LogP contribution is -2.20. The Morgan fingerprint density at radius 3 is 2.25 bits per heavy atom. The number of Topliss-reactive ketones (excluding diaryl/α,β-unsaturated/α-hetero) is 2. The zero-order valence-electron chi connectivity index (χ0n) is 8.91. The number of aromatic nitrogens is 1. The number of alkyl halides is 2. The van der Waals surface area contributed by atoms with Crippen molar-refractivity contribution in [3.05, 3.63) is 29.6 Å². The first-order valence-corrected chi connectivity index (χ1v) is 6.60. The smallest absolute Gasteiger partial charge is 0.195 e. The molecule has 0 saturated carbocycles. The van der Waals surface area contributed by atoms with E-state index in [0.29, 0.717) is 5.56 Å². The van der Waals surface area contributed by atoms with Crippen molar-refractivity contribution in [1.82, 2.24) is 4.98 Å². The second-order valence-electron chi connectivity index (χ2n) is 3.36. The molecule has 3 nitrogen and oxygen atoms in total. The minimum Gasteiger partial charge on any atom is -0.293 e. The molecule has 0 bridgehead atoms. The molecule has 0 saturated heterocycles. The summed E-state index contributed by atoms with van der Waals surface area (Å²) in [5.74, 6) is -0.318. The number of rotatable bonds is 4. The molecule has 0 spiro atoms. The molecular weight excluding hydrogens is 338 g/mol. The Bertz CT molecular complexity index is 377. The van der Waals surface area contributed by atoms with Crippen molar-refractivity contribution in [2.75, 3.05) is 0 Å². The summed E-state index contributed by atoms with van der Waals surface area (Å²) in [6.45, 7) is 3.43. The van der Waals surface area contributed by atoms with Crippen LogP contribution in [0.15, 0.2) is 18.3 Å². The van der Waals surface area contributed by atoms with Crippen LogP contribution < -0.4 is 0 Å². The summed E-state index contributed by atoms with van der Waals surface area (Å²) < 4.78 is 0. The van der Waals surface area contributed by atoms with Gasteiger partial charge in [-0.2, -0.15) is 0 Å². The van der Waals surface area contributed by atoms with Crippen LogP contribution in [0.25, 0.3) is 0 Å². The Morgan fingerprint density at radius 2 is 1.75 bits per heavy atom.